The first-order valence-corrected chi connectivity index (χ1v) is 13.6. The molecule has 0 radical (unpaired) electrons. The van der Waals surface area contributed by atoms with E-state index in [1.807, 2.05) is 12.1 Å². The SMILES string of the molecule is CC(C)(C)c1ccc(C(=O)c2cccc(NC(=O)c3cc(S(=O)(=O)N4CCCC4)ccc3Cl)c2)cc1. The van der Waals surface area contributed by atoms with E-state index in [0.717, 1.165) is 18.4 Å². The topological polar surface area (TPSA) is 83.5 Å². The Labute approximate surface area is 217 Å². The first-order chi connectivity index (χ1) is 17.0. The fourth-order valence-corrected chi connectivity index (χ4v) is 5.89. The quantitative estimate of drug-likeness (QED) is 0.406. The highest BCUT2D eigenvalue weighted by molar-refractivity contribution is 7.89. The fourth-order valence-electron chi connectivity index (χ4n) is 4.14. The monoisotopic (exact) mass is 524 g/mol. The number of halogens is 1. The van der Waals surface area contributed by atoms with Crippen molar-refractivity contribution in [3.05, 3.63) is 94.0 Å². The highest BCUT2D eigenvalue weighted by Gasteiger charge is 2.28. The zero-order valence-corrected chi connectivity index (χ0v) is 22.1. The molecule has 0 atom stereocenters. The van der Waals surface area contributed by atoms with Crippen LogP contribution in [0.25, 0.3) is 0 Å². The third-order valence-electron chi connectivity index (χ3n) is 6.28. The molecule has 1 N–H and O–H groups in total. The molecule has 0 bridgehead atoms. The van der Waals surface area contributed by atoms with E-state index in [4.69, 9.17) is 11.6 Å². The van der Waals surface area contributed by atoms with E-state index < -0.39 is 15.9 Å². The van der Waals surface area contributed by atoms with Gasteiger partial charge in [-0.3, -0.25) is 9.59 Å². The zero-order valence-electron chi connectivity index (χ0n) is 20.5. The van der Waals surface area contributed by atoms with Crippen LogP contribution in [0.5, 0.6) is 0 Å². The lowest BCUT2D eigenvalue weighted by molar-refractivity contribution is 0.102. The number of sulfonamides is 1. The largest absolute Gasteiger partial charge is 0.322 e. The number of nitrogens with one attached hydrogen (secondary N) is 1. The third-order valence-corrected chi connectivity index (χ3v) is 8.51. The van der Waals surface area contributed by atoms with Gasteiger partial charge in [-0.2, -0.15) is 4.31 Å². The average molecular weight is 525 g/mol. The minimum absolute atomic E-state index is 0.0157. The molecule has 0 spiro atoms. The molecule has 1 aliphatic heterocycles. The second kappa shape index (κ2) is 10.2. The highest BCUT2D eigenvalue weighted by Crippen LogP contribution is 2.27. The summed E-state index contributed by atoms with van der Waals surface area (Å²) >= 11 is 6.25. The van der Waals surface area contributed by atoms with Gasteiger partial charge in [0.25, 0.3) is 5.91 Å². The van der Waals surface area contributed by atoms with Crippen LogP contribution in [-0.4, -0.2) is 37.5 Å². The average Bonchev–Trinajstić information content (AvgIpc) is 3.39. The predicted octanol–water partition coefficient (Wildman–Crippen LogP) is 5.91. The van der Waals surface area contributed by atoms with E-state index in [1.54, 1.807) is 36.4 Å². The van der Waals surface area contributed by atoms with Crippen molar-refractivity contribution in [2.24, 2.45) is 0 Å². The Morgan fingerprint density at radius 1 is 0.889 bits per heavy atom. The summed E-state index contributed by atoms with van der Waals surface area (Å²) in [6.45, 7) is 7.26. The second-order valence-corrected chi connectivity index (χ2v) is 12.3. The molecule has 1 fully saturated rings. The van der Waals surface area contributed by atoms with E-state index in [9.17, 15) is 18.0 Å². The van der Waals surface area contributed by atoms with Crippen LogP contribution >= 0.6 is 11.6 Å². The normalized spacial score (nSPS) is 14.6. The van der Waals surface area contributed by atoms with Gasteiger partial charge in [0.05, 0.1) is 15.5 Å². The number of rotatable bonds is 6. The maximum atomic E-state index is 13.0. The lowest BCUT2D eigenvalue weighted by Crippen LogP contribution is -2.28. The number of anilines is 1. The van der Waals surface area contributed by atoms with Crippen molar-refractivity contribution in [2.45, 2.75) is 43.9 Å². The van der Waals surface area contributed by atoms with E-state index >= 15 is 0 Å². The number of carbonyl (C=O) groups is 2. The van der Waals surface area contributed by atoms with Gasteiger partial charge in [0, 0.05) is 29.9 Å². The number of amides is 1. The van der Waals surface area contributed by atoms with Gasteiger partial charge in [-0.15, -0.1) is 0 Å². The molecule has 1 amide bonds. The molecular weight excluding hydrogens is 496 g/mol. The maximum absolute atomic E-state index is 13.0. The summed E-state index contributed by atoms with van der Waals surface area (Å²) in [7, 11) is -3.70. The van der Waals surface area contributed by atoms with Crippen molar-refractivity contribution < 1.29 is 18.0 Å². The first kappa shape index (κ1) is 26.1. The molecule has 188 valence electrons. The molecule has 3 aromatic rings. The Morgan fingerprint density at radius 3 is 2.19 bits per heavy atom. The van der Waals surface area contributed by atoms with Gasteiger partial charge in [0.15, 0.2) is 5.78 Å². The minimum Gasteiger partial charge on any atom is -0.322 e. The van der Waals surface area contributed by atoms with Gasteiger partial charge < -0.3 is 5.32 Å². The molecule has 4 rings (SSSR count). The van der Waals surface area contributed by atoms with Gasteiger partial charge in [-0.1, -0.05) is 68.8 Å². The Kier molecular flexibility index (Phi) is 7.36. The Balaban J connectivity index is 1.54. The molecule has 8 heteroatoms. The van der Waals surface area contributed by atoms with Crippen LogP contribution < -0.4 is 5.32 Å². The van der Waals surface area contributed by atoms with Crippen molar-refractivity contribution in [1.82, 2.24) is 4.31 Å². The number of hydrogen-bond acceptors (Lipinski definition) is 4. The summed E-state index contributed by atoms with van der Waals surface area (Å²) in [5, 5.41) is 2.88. The summed E-state index contributed by atoms with van der Waals surface area (Å²) in [6.07, 6.45) is 1.63. The van der Waals surface area contributed by atoms with Crippen molar-refractivity contribution >= 4 is 39.0 Å². The molecule has 0 aromatic heterocycles. The number of hydrogen-bond donors (Lipinski definition) is 1. The van der Waals surface area contributed by atoms with E-state index in [0.29, 0.717) is 29.9 Å². The summed E-state index contributed by atoms with van der Waals surface area (Å²) in [5.41, 5.74) is 2.54. The van der Waals surface area contributed by atoms with Gasteiger partial charge in [-0.05, 0) is 54.2 Å². The van der Waals surface area contributed by atoms with E-state index in [-0.39, 0.29) is 26.7 Å². The maximum Gasteiger partial charge on any atom is 0.257 e. The molecule has 1 aliphatic rings. The van der Waals surface area contributed by atoms with Crippen molar-refractivity contribution in [3.63, 3.8) is 0 Å². The van der Waals surface area contributed by atoms with Crippen LogP contribution in [0.2, 0.25) is 5.02 Å². The molecule has 1 saturated heterocycles. The van der Waals surface area contributed by atoms with E-state index in [2.05, 4.69) is 26.1 Å². The van der Waals surface area contributed by atoms with Crippen molar-refractivity contribution in [3.8, 4) is 0 Å². The molecule has 0 unspecified atom stereocenters. The highest BCUT2D eigenvalue weighted by atomic mass is 35.5. The number of carbonyl (C=O) groups excluding carboxylic acids is 2. The van der Waals surface area contributed by atoms with Crippen LogP contribution in [0, 0.1) is 0 Å². The van der Waals surface area contributed by atoms with Gasteiger partial charge in [0.1, 0.15) is 0 Å². The first-order valence-electron chi connectivity index (χ1n) is 11.8. The summed E-state index contributed by atoms with van der Waals surface area (Å²) < 4.78 is 27.3. The summed E-state index contributed by atoms with van der Waals surface area (Å²) in [6, 6.07) is 18.3. The molecule has 0 aliphatic carbocycles. The van der Waals surface area contributed by atoms with Gasteiger partial charge in [0.2, 0.25) is 10.0 Å². The molecule has 3 aromatic carbocycles. The molecule has 1 heterocycles. The van der Waals surface area contributed by atoms with Crippen LogP contribution in [0.1, 0.15) is 65.5 Å². The molecule has 36 heavy (non-hydrogen) atoms. The zero-order chi connectivity index (χ0) is 26.1. The smallest absolute Gasteiger partial charge is 0.257 e. The standard InChI is InChI=1S/C28H29ClN2O4S/c1-28(2,3)21-11-9-19(10-12-21)26(32)20-7-6-8-22(17-20)30-27(33)24-18-23(13-14-25(24)29)36(34,35)31-15-4-5-16-31/h6-14,17-18H,4-5,15-16H2,1-3H3,(H,30,33). The Morgan fingerprint density at radius 2 is 1.56 bits per heavy atom. The third kappa shape index (κ3) is 5.53. The Bertz CT molecular complexity index is 1400. The predicted molar refractivity (Wildman–Crippen MR) is 142 cm³/mol. The summed E-state index contributed by atoms with van der Waals surface area (Å²) in [5.74, 6) is -0.721. The van der Waals surface area contributed by atoms with Gasteiger partial charge >= 0.3 is 0 Å². The van der Waals surface area contributed by atoms with Crippen molar-refractivity contribution in [1.29, 1.82) is 0 Å². The molecule has 6 nitrogen and oxygen atoms in total. The van der Waals surface area contributed by atoms with Gasteiger partial charge in [-0.25, -0.2) is 8.42 Å². The van der Waals surface area contributed by atoms with Crippen molar-refractivity contribution in [2.75, 3.05) is 18.4 Å². The number of benzene rings is 3. The fraction of sp³-hybridized carbons (Fsp3) is 0.286. The van der Waals surface area contributed by atoms with Crippen LogP contribution in [-0.2, 0) is 15.4 Å². The van der Waals surface area contributed by atoms with Crippen LogP contribution in [0.4, 0.5) is 5.69 Å². The Hall–Kier alpha value is -3.00. The molecule has 0 saturated carbocycles. The van der Waals surface area contributed by atoms with E-state index in [1.165, 1.54) is 22.5 Å². The second-order valence-electron chi connectivity index (χ2n) is 9.94. The van der Waals surface area contributed by atoms with Crippen LogP contribution in [0.15, 0.2) is 71.6 Å². The lowest BCUT2D eigenvalue weighted by Gasteiger charge is -2.19. The summed E-state index contributed by atoms with van der Waals surface area (Å²) in [4.78, 5) is 26.1. The number of ketones is 1. The lowest BCUT2D eigenvalue weighted by atomic mass is 9.86. The number of nitrogens with zero attached hydrogens (tertiary/aromatic N) is 1. The molecular formula is C28H29ClN2O4S. The van der Waals surface area contributed by atoms with Crippen LogP contribution in [0.3, 0.4) is 0 Å². The minimum atomic E-state index is -3.70.